The second-order valence-corrected chi connectivity index (χ2v) is 6.55. The normalized spacial score (nSPS) is 15.1. The molecule has 0 saturated carbocycles. The number of ether oxygens (including phenoxy) is 1. The van der Waals surface area contributed by atoms with Crippen molar-refractivity contribution in [3.05, 3.63) is 29.3 Å². The minimum absolute atomic E-state index is 0.198. The number of tetrazole rings is 1. The van der Waals surface area contributed by atoms with Crippen LogP contribution < -0.4 is 21.1 Å². The molecule has 1 atom stereocenters. The summed E-state index contributed by atoms with van der Waals surface area (Å²) in [4.78, 5) is 15.5. The molecule has 1 aromatic heterocycles. The number of nitrogens with one attached hydrogen (secondary N) is 3. The monoisotopic (exact) mass is 410 g/mol. The second-order valence-electron chi connectivity index (χ2n) is 5.73. The molecule has 0 bridgehead atoms. The number of hydrogen-bond donors (Lipinski definition) is 3. The van der Waals surface area contributed by atoms with Gasteiger partial charge in [-0.25, -0.2) is 0 Å². The fourth-order valence-electron chi connectivity index (χ4n) is 2.32. The third-order valence-electron chi connectivity index (χ3n) is 3.86. The number of aromatic nitrogens is 4. The number of carbonyl (C=O) groups is 1. The molecule has 0 aliphatic carbocycles. The number of rotatable bonds is 4. The Bertz CT molecular complexity index is 811. The first-order valence-electron chi connectivity index (χ1n) is 8.28. The van der Waals surface area contributed by atoms with E-state index in [-0.39, 0.29) is 11.0 Å². The molecule has 0 radical (unpaired) electrons. The van der Waals surface area contributed by atoms with E-state index in [0.717, 1.165) is 0 Å². The van der Waals surface area contributed by atoms with Gasteiger partial charge < -0.3 is 15.0 Å². The number of nitrogens with zero attached hydrogens (tertiary/aromatic N) is 5. The highest BCUT2D eigenvalue weighted by atomic mass is 35.5. The van der Waals surface area contributed by atoms with Crippen molar-refractivity contribution in [3.63, 3.8) is 0 Å². The molecular weight excluding hydrogens is 392 g/mol. The molecule has 144 valence electrons. The van der Waals surface area contributed by atoms with E-state index in [9.17, 15) is 4.79 Å². The van der Waals surface area contributed by atoms with Crippen molar-refractivity contribution < 1.29 is 9.53 Å². The molecule has 1 unspecified atom stereocenters. The van der Waals surface area contributed by atoms with Crippen molar-refractivity contribution in [2.75, 3.05) is 36.5 Å². The lowest BCUT2D eigenvalue weighted by atomic mass is 10.3. The van der Waals surface area contributed by atoms with Gasteiger partial charge in [-0.1, -0.05) is 28.8 Å². The third kappa shape index (κ3) is 5.02. The molecule has 1 aromatic carbocycles. The Kier molecular flexibility index (Phi) is 6.37. The Hall–Kier alpha value is -2.50. The summed E-state index contributed by atoms with van der Waals surface area (Å²) in [5.41, 5.74) is 5.77. The highest BCUT2D eigenvalue weighted by Gasteiger charge is 2.21. The summed E-state index contributed by atoms with van der Waals surface area (Å²) in [5, 5.41) is 15.8. The van der Waals surface area contributed by atoms with Crippen molar-refractivity contribution in [3.8, 4) is 0 Å². The van der Waals surface area contributed by atoms with Crippen molar-refractivity contribution in [2.24, 2.45) is 0 Å². The number of benzene rings is 1. The van der Waals surface area contributed by atoms with E-state index < -0.39 is 6.04 Å². The molecule has 1 amide bonds. The molecule has 12 heteroatoms. The van der Waals surface area contributed by atoms with Gasteiger partial charge in [0.05, 0.1) is 23.9 Å². The van der Waals surface area contributed by atoms with Gasteiger partial charge in [-0.15, -0.1) is 9.90 Å². The minimum Gasteiger partial charge on any atom is -0.378 e. The number of hydrogen-bond acceptors (Lipinski definition) is 7. The topological polar surface area (TPSA) is 109 Å². The summed E-state index contributed by atoms with van der Waals surface area (Å²) in [6.07, 6.45) is 0. The minimum atomic E-state index is -0.678. The van der Waals surface area contributed by atoms with E-state index in [1.165, 1.54) is 4.80 Å². The number of para-hydroxylation sites is 1. The van der Waals surface area contributed by atoms with Crippen LogP contribution in [0.15, 0.2) is 24.3 Å². The molecule has 3 rings (SSSR count). The van der Waals surface area contributed by atoms with Crippen LogP contribution in [0.4, 0.5) is 11.6 Å². The number of anilines is 2. The molecule has 2 heterocycles. The van der Waals surface area contributed by atoms with Crippen LogP contribution in [0.3, 0.4) is 0 Å². The van der Waals surface area contributed by atoms with E-state index in [1.807, 2.05) is 17.0 Å². The number of morpholine rings is 1. The number of halogens is 1. The van der Waals surface area contributed by atoms with E-state index in [2.05, 4.69) is 31.6 Å². The third-order valence-corrected chi connectivity index (χ3v) is 4.39. The SMILES string of the molecule is CC(C(=O)NNC(=S)Nc1ccccc1Cl)n1nnc(N2CCOCC2)n1. The fourth-order valence-corrected chi connectivity index (χ4v) is 2.66. The number of thiocarbonyl (C=S) groups is 1. The summed E-state index contributed by atoms with van der Waals surface area (Å²) >= 11 is 11.2. The van der Waals surface area contributed by atoms with E-state index in [0.29, 0.717) is 43.0 Å². The molecule has 1 saturated heterocycles. The van der Waals surface area contributed by atoms with Crippen molar-refractivity contribution in [1.82, 2.24) is 31.1 Å². The molecule has 1 fully saturated rings. The van der Waals surface area contributed by atoms with Gasteiger partial charge in [0.25, 0.3) is 11.9 Å². The van der Waals surface area contributed by atoms with Crippen LogP contribution in [0.2, 0.25) is 5.02 Å². The lowest BCUT2D eigenvalue weighted by molar-refractivity contribution is -0.125. The average Bonchev–Trinajstić information content (AvgIpc) is 3.18. The predicted molar refractivity (Wildman–Crippen MR) is 105 cm³/mol. The van der Waals surface area contributed by atoms with Gasteiger partial charge in [0.2, 0.25) is 0 Å². The molecular formula is C15H19ClN8O2S. The summed E-state index contributed by atoms with van der Waals surface area (Å²) < 4.78 is 5.29. The van der Waals surface area contributed by atoms with Crippen LogP contribution in [-0.2, 0) is 9.53 Å². The zero-order valence-electron chi connectivity index (χ0n) is 14.6. The first kappa shape index (κ1) is 19.3. The highest BCUT2D eigenvalue weighted by Crippen LogP contribution is 2.20. The van der Waals surface area contributed by atoms with Crippen molar-refractivity contribution in [1.29, 1.82) is 0 Å². The predicted octanol–water partition coefficient (Wildman–Crippen LogP) is 0.742. The van der Waals surface area contributed by atoms with Crippen LogP contribution in [0.25, 0.3) is 0 Å². The van der Waals surface area contributed by atoms with Gasteiger partial charge in [0.1, 0.15) is 0 Å². The lowest BCUT2D eigenvalue weighted by Gasteiger charge is -2.24. The Morgan fingerprint density at radius 3 is 2.78 bits per heavy atom. The number of amides is 1. The molecule has 2 aromatic rings. The lowest BCUT2D eigenvalue weighted by Crippen LogP contribution is -2.46. The van der Waals surface area contributed by atoms with Crippen molar-refractivity contribution in [2.45, 2.75) is 13.0 Å². The largest absolute Gasteiger partial charge is 0.378 e. The van der Waals surface area contributed by atoms with Crippen LogP contribution in [0, 0.1) is 0 Å². The first-order valence-corrected chi connectivity index (χ1v) is 9.07. The van der Waals surface area contributed by atoms with E-state index in [1.54, 1.807) is 19.1 Å². The van der Waals surface area contributed by atoms with Gasteiger partial charge in [-0.3, -0.25) is 15.6 Å². The fraction of sp³-hybridized carbons (Fsp3) is 0.400. The van der Waals surface area contributed by atoms with Gasteiger partial charge >= 0.3 is 0 Å². The van der Waals surface area contributed by atoms with Crippen LogP contribution >= 0.6 is 23.8 Å². The molecule has 3 N–H and O–H groups in total. The molecule has 10 nitrogen and oxygen atoms in total. The van der Waals surface area contributed by atoms with Crippen molar-refractivity contribution >= 4 is 46.5 Å². The molecule has 0 spiro atoms. The Labute approximate surface area is 166 Å². The maximum absolute atomic E-state index is 12.3. The van der Waals surface area contributed by atoms with Crippen LogP contribution in [-0.4, -0.2) is 57.5 Å². The number of carbonyl (C=O) groups excluding carboxylic acids is 1. The van der Waals surface area contributed by atoms with E-state index >= 15 is 0 Å². The maximum Gasteiger partial charge on any atom is 0.266 e. The maximum atomic E-state index is 12.3. The first-order chi connectivity index (χ1) is 13.0. The summed E-state index contributed by atoms with van der Waals surface area (Å²) in [6, 6.07) is 6.45. The molecule has 1 aliphatic rings. The van der Waals surface area contributed by atoms with Gasteiger partial charge in [-0.2, -0.15) is 0 Å². The molecule has 1 aliphatic heterocycles. The summed E-state index contributed by atoms with van der Waals surface area (Å²) in [6.45, 7) is 4.27. The van der Waals surface area contributed by atoms with Gasteiger partial charge in [0, 0.05) is 13.1 Å². The quantitative estimate of drug-likeness (QED) is 0.496. The second kappa shape index (κ2) is 8.93. The Morgan fingerprint density at radius 1 is 1.30 bits per heavy atom. The van der Waals surface area contributed by atoms with Crippen LogP contribution in [0.5, 0.6) is 0 Å². The van der Waals surface area contributed by atoms with Gasteiger partial charge in [-0.05, 0) is 36.5 Å². The van der Waals surface area contributed by atoms with Gasteiger partial charge in [0.15, 0.2) is 11.2 Å². The Morgan fingerprint density at radius 2 is 2.04 bits per heavy atom. The smallest absolute Gasteiger partial charge is 0.266 e. The zero-order chi connectivity index (χ0) is 19.2. The van der Waals surface area contributed by atoms with E-state index in [4.69, 9.17) is 28.6 Å². The van der Waals surface area contributed by atoms with Crippen LogP contribution in [0.1, 0.15) is 13.0 Å². The Balaban J connectivity index is 1.51. The average molecular weight is 411 g/mol. The summed E-state index contributed by atoms with van der Waals surface area (Å²) in [5.74, 6) is 0.103. The summed E-state index contributed by atoms with van der Waals surface area (Å²) in [7, 11) is 0. The zero-order valence-corrected chi connectivity index (χ0v) is 16.1. The standard InChI is InChI=1S/C15H19ClN8O2S/c1-10(24-21-14(19-22-24)23-6-8-26-9-7-23)13(25)18-20-15(27)17-12-5-3-2-4-11(12)16/h2-5,10H,6-9H2,1H3,(H,18,25)(H2,17,20,27). The highest BCUT2D eigenvalue weighted by molar-refractivity contribution is 7.80. The number of hydrazine groups is 1. The molecule has 27 heavy (non-hydrogen) atoms.